The number of ether oxygens (including phenoxy) is 1. The van der Waals surface area contributed by atoms with Crippen molar-refractivity contribution in [3.63, 3.8) is 0 Å². The molecule has 3 rings (SSSR count). The lowest BCUT2D eigenvalue weighted by atomic mass is 10.2. The van der Waals surface area contributed by atoms with Gasteiger partial charge in [0.05, 0.1) is 22.0 Å². The van der Waals surface area contributed by atoms with Crippen molar-refractivity contribution in [3.05, 3.63) is 70.3 Å². The first-order valence-corrected chi connectivity index (χ1v) is 7.77. The zero-order valence-corrected chi connectivity index (χ0v) is 13.0. The maximum absolute atomic E-state index is 12.0. The Kier molecular flexibility index (Phi) is 4.46. The van der Waals surface area contributed by atoms with Crippen molar-refractivity contribution in [1.29, 1.82) is 0 Å². The maximum Gasteiger partial charge on any atom is 0.340 e. The van der Waals surface area contributed by atoms with Gasteiger partial charge in [0.25, 0.3) is 0 Å². The van der Waals surface area contributed by atoms with Gasteiger partial charge >= 0.3 is 5.97 Å². The Balaban J connectivity index is 1.67. The molecule has 0 aliphatic heterocycles. The van der Waals surface area contributed by atoms with Gasteiger partial charge in [-0.25, -0.2) is 9.78 Å². The molecule has 0 aliphatic rings. The zero-order chi connectivity index (χ0) is 15.4. The van der Waals surface area contributed by atoms with Gasteiger partial charge in [-0.2, -0.15) is 0 Å². The van der Waals surface area contributed by atoms with Crippen LogP contribution >= 0.6 is 22.9 Å². The van der Waals surface area contributed by atoms with Crippen LogP contribution in [0.2, 0.25) is 5.02 Å². The minimum atomic E-state index is -0.460. The molecule has 0 unspecified atom stereocenters. The molecule has 0 atom stereocenters. The molecule has 1 aromatic carbocycles. The van der Waals surface area contributed by atoms with E-state index in [1.54, 1.807) is 30.5 Å². The fourth-order valence-corrected chi connectivity index (χ4v) is 2.82. The van der Waals surface area contributed by atoms with Crippen molar-refractivity contribution in [2.75, 3.05) is 0 Å². The second-order valence-corrected chi connectivity index (χ2v) is 5.68. The van der Waals surface area contributed by atoms with Gasteiger partial charge in [0, 0.05) is 11.6 Å². The molecule has 3 aromatic rings. The van der Waals surface area contributed by atoms with Gasteiger partial charge in [-0.3, -0.25) is 4.98 Å². The molecular weight excluding hydrogens is 320 g/mol. The third kappa shape index (κ3) is 3.32. The fourth-order valence-electron chi connectivity index (χ4n) is 1.82. The first-order valence-electron chi connectivity index (χ1n) is 6.51. The van der Waals surface area contributed by atoms with Gasteiger partial charge in [-0.15, -0.1) is 11.3 Å². The van der Waals surface area contributed by atoms with Crippen LogP contribution in [0.4, 0.5) is 0 Å². The standard InChI is InChI=1S/C16H11ClN2O2S/c17-13-6-2-1-5-12(13)16(20)21-9-11-10-22-15(19-11)14-7-3-4-8-18-14/h1-8,10H,9H2. The third-order valence-electron chi connectivity index (χ3n) is 2.88. The predicted octanol–water partition coefficient (Wildman–Crippen LogP) is 4.22. The molecule has 0 bridgehead atoms. The lowest BCUT2D eigenvalue weighted by Gasteiger charge is -2.04. The predicted molar refractivity (Wildman–Crippen MR) is 85.9 cm³/mol. The van der Waals surface area contributed by atoms with E-state index in [2.05, 4.69) is 9.97 Å². The molecule has 0 radical (unpaired) electrons. The number of hydrogen-bond donors (Lipinski definition) is 0. The first-order chi connectivity index (χ1) is 10.7. The van der Waals surface area contributed by atoms with E-state index in [-0.39, 0.29) is 6.61 Å². The second-order valence-electron chi connectivity index (χ2n) is 4.41. The van der Waals surface area contributed by atoms with Crippen LogP contribution in [0.25, 0.3) is 10.7 Å². The van der Waals surface area contributed by atoms with E-state index in [0.717, 1.165) is 10.7 Å². The largest absolute Gasteiger partial charge is 0.456 e. The van der Waals surface area contributed by atoms with Crippen LogP contribution < -0.4 is 0 Å². The lowest BCUT2D eigenvalue weighted by molar-refractivity contribution is 0.0468. The Bertz CT molecular complexity index is 790. The molecule has 0 N–H and O–H groups in total. The Hall–Kier alpha value is -2.24. The van der Waals surface area contributed by atoms with Gasteiger partial charge < -0.3 is 4.74 Å². The smallest absolute Gasteiger partial charge is 0.340 e. The molecule has 110 valence electrons. The number of halogens is 1. The highest BCUT2D eigenvalue weighted by molar-refractivity contribution is 7.13. The number of thiazole rings is 1. The van der Waals surface area contributed by atoms with E-state index >= 15 is 0 Å². The highest BCUT2D eigenvalue weighted by Gasteiger charge is 2.12. The monoisotopic (exact) mass is 330 g/mol. The van der Waals surface area contributed by atoms with Crippen molar-refractivity contribution in [3.8, 4) is 10.7 Å². The van der Waals surface area contributed by atoms with Gasteiger partial charge in [0.1, 0.15) is 11.6 Å². The summed E-state index contributed by atoms with van der Waals surface area (Å²) in [5.41, 5.74) is 1.84. The average molecular weight is 331 g/mol. The number of carbonyl (C=O) groups excluding carboxylic acids is 1. The van der Waals surface area contributed by atoms with Crippen LogP contribution in [-0.4, -0.2) is 15.9 Å². The summed E-state index contributed by atoms with van der Waals surface area (Å²) in [4.78, 5) is 20.6. The van der Waals surface area contributed by atoms with E-state index in [9.17, 15) is 4.79 Å². The summed E-state index contributed by atoms with van der Waals surface area (Å²) in [6, 6.07) is 12.4. The highest BCUT2D eigenvalue weighted by Crippen LogP contribution is 2.22. The van der Waals surface area contributed by atoms with E-state index in [0.29, 0.717) is 16.3 Å². The second kappa shape index (κ2) is 6.68. The topological polar surface area (TPSA) is 52.1 Å². The van der Waals surface area contributed by atoms with Gasteiger partial charge in [0.2, 0.25) is 0 Å². The molecular formula is C16H11ClN2O2S. The van der Waals surface area contributed by atoms with Crippen molar-refractivity contribution < 1.29 is 9.53 Å². The van der Waals surface area contributed by atoms with Crippen LogP contribution in [0.1, 0.15) is 16.1 Å². The molecule has 0 spiro atoms. The lowest BCUT2D eigenvalue weighted by Crippen LogP contribution is -2.06. The first kappa shape index (κ1) is 14.7. The van der Waals surface area contributed by atoms with Crippen LogP contribution in [0.3, 0.4) is 0 Å². The summed E-state index contributed by atoms with van der Waals surface area (Å²) in [6.07, 6.45) is 1.72. The Morgan fingerprint density at radius 3 is 2.77 bits per heavy atom. The summed E-state index contributed by atoms with van der Waals surface area (Å²) in [5, 5.41) is 3.02. The molecule has 4 nitrogen and oxygen atoms in total. The molecule has 0 saturated carbocycles. The molecule has 0 amide bonds. The minimum absolute atomic E-state index is 0.105. The van der Waals surface area contributed by atoms with Gasteiger partial charge in [0.15, 0.2) is 0 Å². The molecule has 0 saturated heterocycles. The number of benzene rings is 1. The Morgan fingerprint density at radius 2 is 2.00 bits per heavy atom. The average Bonchev–Trinajstić information content (AvgIpc) is 3.03. The molecule has 0 fully saturated rings. The quantitative estimate of drug-likeness (QED) is 0.672. The molecule has 22 heavy (non-hydrogen) atoms. The number of pyridine rings is 1. The van der Waals surface area contributed by atoms with Crippen molar-refractivity contribution in [2.45, 2.75) is 6.61 Å². The summed E-state index contributed by atoms with van der Waals surface area (Å²) in [6.45, 7) is 0.105. The van der Waals surface area contributed by atoms with Gasteiger partial charge in [-0.1, -0.05) is 29.8 Å². The molecule has 2 heterocycles. The minimum Gasteiger partial charge on any atom is -0.456 e. The summed E-state index contributed by atoms with van der Waals surface area (Å²) in [7, 11) is 0. The van der Waals surface area contributed by atoms with Crippen molar-refractivity contribution in [2.24, 2.45) is 0 Å². The number of aromatic nitrogens is 2. The van der Waals surface area contributed by atoms with E-state index in [1.807, 2.05) is 23.6 Å². The van der Waals surface area contributed by atoms with Crippen molar-refractivity contribution >= 4 is 28.9 Å². The highest BCUT2D eigenvalue weighted by atomic mass is 35.5. The Morgan fingerprint density at radius 1 is 1.18 bits per heavy atom. The van der Waals surface area contributed by atoms with E-state index in [1.165, 1.54) is 11.3 Å². The number of rotatable bonds is 4. The van der Waals surface area contributed by atoms with Crippen LogP contribution in [0, 0.1) is 0 Å². The number of nitrogens with zero attached hydrogens (tertiary/aromatic N) is 2. The Labute approximate surface area is 136 Å². The van der Waals surface area contributed by atoms with Crippen molar-refractivity contribution in [1.82, 2.24) is 9.97 Å². The number of hydrogen-bond acceptors (Lipinski definition) is 5. The summed E-state index contributed by atoms with van der Waals surface area (Å²) >= 11 is 7.42. The van der Waals surface area contributed by atoms with Crippen LogP contribution in [0.5, 0.6) is 0 Å². The SMILES string of the molecule is O=C(OCc1csc(-c2ccccn2)n1)c1ccccc1Cl. The van der Waals surface area contributed by atoms with Crippen LogP contribution in [-0.2, 0) is 11.3 Å². The maximum atomic E-state index is 12.0. The molecule has 0 aliphatic carbocycles. The van der Waals surface area contributed by atoms with Gasteiger partial charge in [-0.05, 0) is 24.3 Å². The molecule has 6 heteroatoms. The summed E-state index contributed by atoms with van der Waals surface area (Å²) in [5.74, 6) is -0.460. The third-order valence-corrected chi connectivity index (χ3v) is 4.12. The number of carbonyl (C=O) groups is 1. The zero-order valence-electron chi connectivity index (χ0n) is 11.4. The van der Waals surface area contributed by atoms with Crippen LogP contribution in [0.15, 0.2) is 54.0 Å². The molecule has 2 aromatic heterocycles. The normalized spacial score (nSPS) is 10.4. The summed E-state index contributed by atoms with van der Waals surface area (Å²) < 4.78 is 5.24. The number of esters is 1. The fraction of sp³-hybridized carbons (Fsp3) is 0.0625. The van der Waals surface area contributed by atoms with E-state index in [4.69, 9.17) is 16.3 Å². The van der Waals surface area contributed by atoms with E-state index < -0.39 is 5.97 Å².